The number of aliphatic hydroxyl groups excluding tert-OH is 1. The highest BCUT2D eigenvalue weighted by Crippen LogP contribution is 2.37. The van der Waals surface area contributed by atoms with E-state index in [2.05, 4.69) is 40.3 Å². The molecule has 25 heavy (non-hydrogen) atoms. The molecular formula is C20H26BrNO3. The monoisotopic (exact) mass is 407 g/mol. The second-order valence-corrected chi connectivity index (χ2v) is 6.89. The summed E-state index contributed by atoms with van der Waals surface area (Å²) in [7, 11) is 0. The van der Waals surface area contributed by atoms with Crippen LogP contribution in [0.25, 0.3) is 0 Å². The zero-order valence-electron chi connectivity index (χ0n) is 15.0. The first kappa shape index (κ1) is 19.8. The van der Waals surface area contributed by atoms with E-state index >= 15 is 0 Å². The van der Waals surface area contributed by atoms with Gasteiger partial charge in [-0.3, -0.25) is 0 Å². The number of aliphatic hydroxyl groups is 1. The molecule has 2 aromatic rings. The molecule has 0 amide bonds. The summed E-state index contributed by atoms with van der Waals surface area (Å²) in [6.45, 7) is 8.06. The number of hydrogen-bond donors (Lipinski definition) is 2. The Bertz CT molecular complexity index is 689. The van der Waals surface area contributed by atoms with Gasteiger partial charge in [-0.1, -0.05) is 24.3 Å². The van der Waals surface area contributed by atoms with Gasteiger partial charge in [0.05, 0.1) is 17.2 Å². The van der Waals surface area contributed by atoms with Crippen LogP contribution in [0.15, 0.2) is 40.9 Å². The number of hydrogen-bond acceptors (Lipinski definition) is 4. The molecule has 0 aliphatic heterocycles. The Labute approximate surface area is 158 Å². The molecule has 0 unspecified atom stereocenters. The van der Waals surface area contributed by atoms with E-state index in [1.165, 1.54) is 5.56 Å². The van der Waals surface area contributed by atoms with Crippen molar-refractivity contribution in [2.24, 2.45) is 0 Å². The third kappa shape index (κ3) is 6.03. The van der Waals surface area contributed by atoms with Crippen LogP contribution in [-0.2, 0) is 13.2 Å². The third-order valence-electron chi connectivity index (χ3n) is 3.77. The van der Waals surface area contributed by atoms with Crippen molar-refractivity contribution in [2.75, 3.05) is 13.2 Å². The van der Waals surface area contributed by atoms with Gasteiger partial charge in [0, 0.05) is 13.1 Å². The van der Waals surface area contributed by atoms with Crippen molar-refractivity contribution in [2.45, 2.75) is 40.0 Å². The SMILES string of the molecule is CCOc1cc(CNC[C@H](C)O)cc(Br)c1OCc1ccccc1C. The molecule has 2 aromatic carbocycles. The molecule has 4 nitrogen and oxygen atoms in total. The van der Waals surface area contributed by atoms with Crippen molar-refractivity contribution in [3.63, 3.8) is 0 Å². The van der Waals surface area contributed by atoms with Crippen LogP contribution >= 0.6 is 15.9 Å². The maximum absolute atomic E-state index is 9.35. The minimum atomic E-state index is -0.369. The van der Waals surface area contributed by atoms with Crippen molar-refractivity contribution in [1.82, 2.24) is 5.32 Å². The smallest absolute Gasteiger partial charge is 0.175 e. The summed E-state index contributed by atoms with van der Waals surface area (Å²) in [4.78, 5) is 0. The molecule has 1 atom stereocenters. The molecule has 0 heterocycles. The summed E-state index contributed by atoms with van der Waals surface area (Å²) in [5, 5.41) is 12.6. The Morgan fingerprint density at radius 2 is 1.96 bits per heavy atom. The zero-order chi connectivity index (χ0) is 18.2. The lowest BCUT2D eigenvalue weighted by Crippen LogP contribution is -2.23. The first-order chi connectivity index (χ1) is 12.0. The second kappa shape index (κ2) is 9.80. The molecule has 0 spiro atoms. The molecule has 5 heteroatoms. The van der Waals surface area contributed by atoms with Crippen LogP contribution in [0.4, 0.5) is 0 Å². The van der Waals surface area contributed by atoms with Gasteiger partial charge in [-0.2, -0.15) is 0 Å². The number of halogens is 1. The van der Waals surface area contributed by atoms with Crippen LogP contribution in [-0.4, -0.2) is 24.4 Å². The average molecular weight is 408 g/mol. The van der Waals surface area contributed by atoms with E-state index in [4.69, 9.17) is 9.47 Å². The van der Waals surface area contributed by atoms with E-state index in [-0.39, 0.29) is 6.10 Å². The average Bonchev–Trinajstić information content (AvgIpc) is 2.55. The number of aryl methyl sites for hydroxylation is 1. The highest BCUT2D eigenvalue weighted by molar-refractivity contribution is 9.10. The highest BCUT2D eigenvalue weighted by atomic mass is 79.9. The van der Waals surface area contributed by atoms with Gasteiger partial charge in [0.2, 0.25) is 0 Å². The third-order valence-corrected chi connectivity index (χ3v) is 4.36. The van der Waals surface area contributed by atoms with E-state index in [1.807, 2.05) is 31.2 Å². The van der Waals surface area contributed by atoms with Crippen molar-refractivity contribution in [3.05, 3.63) is 57.6 Å². The lowest BCUT2D eigenvalue weighted by Gasteiger charge is -2.16. The fourth-order valence-corrected chi connectivity index (χ4v) is 3.08. The van der Waals surface area contributed by atoms with Gasteiger partial charge < -0.3 is 19.9 Å². The molecule has 0 aliphatic rings. The molecule has 0 saturated heterocycles. The Balaban J connectivity index is 2.14. The van der Waals surface area contributed by atoms with Crippen molar-refractivity contribution in [3.8, 4) is 11.5 Å². The van der Waals surface area contributed by atoms with Crippen LogP contribution in [0, 0.1) is 6.92 Å². The van der Waals surface area contributed by atoms with Crippen molar-refractivity contribution >= 4 is 15.9 Å². The number of ether oxygens (including phenoxy) is 2. The highest BCUT2D eigenvalue weighted by Gasteiger charge is 2.13. The van der Waals surface area contributed by atoms with Crippen molar-refractivity contribution < 1.29 is 14.6 Å². The molecule has 0 radical (unpaired) electrons. The molecule has 0 saturated carbocycles. The van der Waals surface area contributed by atoms with E-state index in [0.29, 0.717) is 32.1 Å². The quantitative estimate of drug-likeness (QED) is 0.653. The molecular weight excluding hydrogens is 382 g/mol. The van der Waals surface area contributed by atoms with Gasteiger partial charge in [0.15, 0.2) is 11.5 Å². The van der Waals surface area contributed by atoms with Gasteiger partial charge >= 0.3 is 0 Å². The minimum absolute atomic E-state index is 0.369. The topological polar surface area (TPSA) is 50.7 Å². The Kier molecular flexibility index (Phi) is 7.75. The van der Waals surface area contributed by atoms with E-state index < -0.39 is 0 Å². The molecule has 136 valence electrons. The fourth-order valence-electron chi connectivity index (χ4n) is 2.47. The largest absolute Gasteiger partial charge is 0.490 e. The van der Waals surface area contributed by atoms with Crippen LogP contribution in [0.3, 0.4) is 0 Å². The summed E-state index contributed by atoms with van der Waals surface area (Å²) < 4.78 is 12.7. The summed E-state index contributed by atoms with van der Waals surface area (Å²) in [5.41, 5.74) is 3.43. The Morgan fingerprint density at radius 3 is 2.64 bits per heavy atom. The first-order valence-corrected chi connectivity index (χ1v) is 9.31. The first-order valence-electron chi connectivity index (χ1n) is 8.52. The predicted molar refractivity (Wildman–Crippen MR) is 104 cm³/mol. The zero-order valence-corrected chi connectivity index (χ0v) is 16.6. The number of rotatable bonds is 9. The summed E-state index contributed by atoms with van der Waals surface area (Å²) in [6, 6.07) is 12.2. The van der Waals surface area contributed by atoms with Crippen LogP contribution in [0.1, 0.15) is 30.5 Å². The fraction of sp³-hybridized carbons (Fsp3) is 0.400. The maximum atomic E-state index is 9.35. The van der Waals surface area contributed by atoms with E-state index in [9.17, 15) is 5.11 Å². The van der Waals surface area contributed by atoms with Crippen LogP contribution in [0.2, 0.25) is 0 Å². The van der Waals surface area contributed by atoms with Gasteiger partial charge in [0.1, 0.15) is 6.61 Å². The molecule has 2 N–H and O–H groups in total. The lowest BCUT2D eigenvalue weighted by molar-refractivity contribution is 0.191. The minimum Gasteiger partial charge on any atom is -0.490 e. The van der Waals surface area contributed by atoms with Gasteiger partial charge in [-0.15, -0.1) is 0 Å². The molecule has 0 aliphatic carbocycles. The summed E-state index contributed by atoms with van der Waals surface area (Å²) in [5.74, 6) is 1.43. The van der Waals surface area contributed by atoms with Gasteiger partial charge in [-0.05, 0) is 65.5 Å². The summed E-state index contributed by atoms with van der Waals surface area (Å²) in [6.07, 6.45) is -0.369. The second-order valence-electron chi connectivity index (χ2n) is 6.03. The van der Waals surface area contributed by atoms with Crippen LogP contribution in [0.5, 0.6) is 11.5 Å². The summed E-state index contributed by atoms with van der Waals surface area (Å²) >= 11 is 3.60. The molecule has 0 fully saturated rings. The molecule has 0 aromatic heterocycles. The van der Waals surface area contributed by atoms with Gasteiger partial charge in [-0.25, -0.2) is 0 Å². The Hall–Kier alpha value is -1.56. The lowest BCUT2D eigenvalue weighted by atomic mass is 10.1. The molecule has 0 bridgehead atoms. The van der Waals surface area contributed by atoms with Crippen molar-refractivity contribution in [1.29, 1.82) is 0 Å². The Morgan fingerprint density at radius 1 is 1.20 bits per heavy atom. The van der Waals surface area contributed by atoms with E-state index in [0.717, 1.165) is 21.3 Å². The number of benzene rings is 2. The standard InChI is InChI=1S/C20H26BrNO3/c1-4-24-19-10-16(12-22-11-15(3)23)9-18(21)20(19)25-13-17-8-6-5-7-14(17)2/h5-10,15,22-23H,4,11-13H2,1-3H3/t15-/m0/s1. The van der Waals surface area contributed by atoms with Crippen LogP contribution < -0.4 is 14.8 Å². The molecule has 2 rings (SSSR count). The normalized spacial score (nSPS) is 12.0. The predicted octanol–water partition coefficient (Wildman–Crippen LogP) is 4.21. The maximum Gasteiger partial charge on any atom is 0.175 e. The van der Waals surface area contributed by atoms with Gasteiger partial charge in [0.25, 0.3) is 0 Å². The van der Waals surface area contributed by atoms with E-state index in [1.54, 1.807) is 6.92 Å². The number of nitrogens with one attached hydrogen (secondary N) is 1.